The van der Waals surface area contributed by atoms with Gasteiger partial charge < -0.3 is 10.4 Å². The number of aliphatic hydroxyl groups excluding tert-OH is 1. The third kappa shape index (κ3) is 4.43. The lowest BCUT2D eigenvalue weighted by atomic mass is 9.92. The molecule has 0 saturated carbocycles. The molecule has 1 rings (SSSR count). The molecule has 1 aromatic heterocycles. The molecular formula is C15H27N3OS. The van der Waals surface area contributed by atoms with Crippen LogP contribution in [0.25, 0.3) is 0 Å². The van der Waals surface area contributed by atoms with E-state index in [2.05, 4.69) is 29.1 Å². The van der Waals surface area contributed by atoms with Crippen molar-refractivity contribution < 1.29 is 5.11 Å². The predicted octanol–water partition coefficient (Wildman–Crippen LogP) is 2.63. The van der Waals surface area contributed by atoms with Crippen LogP contribution in [0.2, 0.25) is 0 Å². The normalized spacial score (nSPS) is 14.3. The summed E-state index contributed by atoms with van der Waals surface area (Å²) in [4.78, 5) is 9.03. The highest BCUT2D eigenvalue weighted by Gasteiger charge is 2.24. The van der Waals surface area contributed by atoms with E-state index < -0.39 is 0 Å². The van der Waals surface area contributed by atoms with Crippen LogP contribution in [0.3, 0.4) is 0 Å². The van der Waals surface area contributed by atoms with E-state index in [1.165, 1.54) is 5.56 Å². The van der Waals surface area contributed by atoms with Crippen molar-refractivity contribution in [2.75, 3.05) is 19.4 Å². The van der Waals surface area contributed by atoms with Gasteiger partial charge in [0.15, 0.2) is 5.16 Å². The van der Waals surface area contributed by atoms with Crippen LogP contribution in [0.4, 0.5) is 0 Å². The minimum Gasteiger partial charge on any atom is -0.394 e. The zero-order valence-electron chi connectivity index (χ0n) is 13.3. The standard InChI is InChI=1S/C15H27N3OS/c1-6-15(10-19,16-5)8-7-9-20-14-17-12(3)11(2)13(4)18-14/h16,19H,6-10H2,1-5H3. The third-order valence-electron chi connectivity index (χ3n) is 4.15. The SMILES string of the molecule is CCC(CO)(CCCSc1nc(C)c(C)c(C)n1)NC. The molecule has 1 atom stereocenters. The Morgan fingerprint density at radius 1 is 1.20 bits per heavy atom. The van der Waals surface area contributed by atoms with Crippen molar-refractivity contribution in [3.8, 4) is 0 Å². The first-order valence-electron chi connectivity index (χ1n) is 7.22. The zero-order valence-corrected chi connectivity index (χ0v) is 14.1. The van der Waals surface area contributed by atoms with Gasteiger partial charge in [-0.05, 0) is 52.6 Å². The van der Waals surface area contributed by atoms with Gasteiger partial charge in [-0.3, -0.25) is 0 Å². The summed E-state index contributed by atoms with van der Waals surface area (Å²) in [6.45, 7) is 8.41. The van der Waals surface area contributed by atoms with E-state index in [-0.39, 0.29) is 12.1 Å². The molecule has 0 aliphatic rings. The van der Waals surface area contributed by atoms with E-state index in [1.807, 2.05) is 20.9 Å². The van der Waals surface area contributed by atoms with Gasteiger partial charge in [0.25, 0.3) is 0 Å². The van der Waals surface area contributed by atoms with Gasteiger partial charge in [-0.25, -0.2) is 9.97 Å². The van der Waals surface area contributed by atoms with Crippen molar-refractivity contribution >= 4 is 11.8 Å². The number of thioether (sulfide) groups is 1. The number of likely N-dealkylation sites (N-methyl/N-ethyl adjacent to an activating group) is 1. The molecular weight excluding hydrogens is 270 g/mol. The Hall–Kier alpha value is -0.650. The fourth-order valence-electron chi connectivity index (χ4n) is 2.13. The third-order valence-corrected chi connectivity index (χ3v) is 5.09. The van der Waals surface area contributed by atoms with Crippen molar-refractivity contribution in [3.63, 3.8) is 0 Å². The highest BCUT2D eigenvalue weighted by atomic mass is 32.2. The average molecular weight is 297 g/mol. The van der Waals surface area contributed by atoms with Crippen LogP contribution >= 0.6 is 11.8 Å². The quantitative estimate of drug-likeness (QED) is 0.439. The van der Waals surface area contributed by atoms with Crippen LogP contribution in [0.5, 0.6) is 0 Å². The summed E-state index contributed by atoms with van der Waals surface area (Å²) in [7, 11) is 1.92. The number of nitrogens with zero attached hydrogens (tertiary/aromatic N) is 2. The molecule has 20 heavy (non-hydrogen) atoms. The second kappa shape index (κ2) is 7.96. The summed E-state index contributed by atoms with van der Waals surface area (Å²) in [5, 5.41) is 13.6. The van der Waals surface area contributed by atoms with Crippen LogP contribution in [0.1, 0.15) is 43.1 Å². The topological polar surface area (TPSA) is 58.0 Å². The van der Waals surface area contributed by atoms with E-state index in [9.17, 15) is 5.11 Å². The highest BCUT2D eigenvalue weighted by molar-refractivity contribution is 7.99. The maximum Gasteiger partial charge on any atom is 0.187 e. The molecule has 2 N–H and O–H groups in total. The fraction of sp³-hybridized carbons (Fsp3) is 0.733. The summed E-state index contributed by atoms with van der Waals surface area (Å²) in [6.07, 6.45) is 2.94. The molecule has 4 nitrogen and oxygen atoms in total. The number of hydrogen-bond donors (Lipinski definition) is 2. The number of rotatable bonds is 8. The van der Waals surface area contributed by atoms with Crippen molar-refractivity contribution in [1.29, 1.82) is 0 Å². The number of aromatic nitrogens is 2. The molecule has 0 aliphatic heterocycles. The number of aryl methyl sites for hydroxylation is 2. The van der Waals surface area contributed by atoms with Gasteiger partial charge in [-0.2, -0.15) is 0 Å². The van der Waals surface area contributed by atoms with Crippen LogP contribution in [-0.4, -0.2) is 40.0 Å². The van der Waals surface area contributed by atoms with Gasteiger partial charge in [-0.15, -0.1) is 0 Å². The molecule has 1 unspecified atom stereocenters. The van der Waals surface area contributed by atoms with Gasteiger partial charge in [0.05, 0.1) is 6.61 Å². The summed E-state index contributed by atoms with van der Waals surface area (Å²) in [5.74, 6) is 0.978. The lowest BCUT2D eigenvalue weighted by molar-refractivity contribution is 0.154. The van der Waals surface area contributed by atoms with Gasteiger partial charge in [0.1, 0.15) is 0 Å². The molecule has 0 fully saturated rings. The molecule has 0 amide bonds. The summed E-state index contributed by atoms with van der Waals surface area (Å²) < 4.78 is 0. The molecule has 0 radical (unpaired) electrons. The van der Waals surface area contributed by atoms with E-state index in [0.717, 1.165) is 41.6 Å². The minimum atomic E-state index is -0.138. The average Bonchev–Trinajstić information content (AvgIpc) is 2.45. The molecule has 5 heteroatoms. The van der Waals surface area contributed by atoms with Crippen LogP contribution < -0.4 is 5.32 Å². The molecule has 1 heterocycles. The molecule has 0 saturated heterocycles. The largest absolute Gasteiger partial charge is 0.394 e. The molecule has 1 aromatic rings. The first-order chi connectivity index (χ1) is 9.48. The molecule has 0 spiro atoms. The Bertz CT molecular complexity index is 402. The Balaban J connectivity index is 2.49. The first kappa shape index (κ1) is 17.4. The minimum absolute atomic E-state index is 0.138. The van der Waals surface area contributed by atoms with Crippen LogP contribution in [-0.2, 0) is 0 Å². The summed E-state index contributed by atoms with van der Waals surface area (Å²) in [6, 6.07) is 0. The lowest BCUT2D eigenvalue weighted by Gasteiger charge is -2.30. The van der Waals surface area contributed by atoms with E-state index in [4.69, 9.17) is 0 Å². The molecule has 0 aromatic carbocycles. The van der Waals surface area contributed by atoms with Crippen LogP contribution in [0, 0.1) is 20.8 Å². The van der Waals surface area contributed by atoms with Gasteiger partial charge >= 0.3 is 0 Å². The second-order valence-corrected chi connectivity index (χ2v) is 6.36. The number of aliphatic hydroxyl groups is 1. The molecule has 0 aliphatic carbocycles. The Kier molecular flexibility index (Phi) is 6.92. The second-order valence-electron chi connectivity index (χ2n) is 5.30. The van der Waals surface area contributed by atoms with E-state index >= 15 is 0 Å². The summed E-state index contributed by atoms with van der Waals surface area (Å²) >= 11 is 1.70. The van der Waals surface area contributed by atoms with Crippen LogP contribution in [0.15, 0.2) is 5.16 Å². The van der Waals surface area contributed by atoms with Gasteiger partial charge in [0.2, 0.25) is 0 Å². The van der Waals surface area contributed by atoms with E-state index in [0.29, 0.717) is 0 Å². The lowest BCUT2D eigenvalue weighted by Crippen LogP contribution is -2.45. The van der Waals surface area contributed by atoms with Gasteiger partial charge in [-0.1, -0.05) is 18.7 Å². The van der Waals surface area contributed by atoms with Gasteiger partial charge in [0, 0.05) is 22.7 Å². The number of hydrogen-bond acceptors (Lipinski definition) is 5. The highest BCUT2D eigenvalue weighted by Crippen LogP contribution is 2.22. The van der Waals surface area contributed by atoms with Crippen molar-refractivity contribution in [2.24, 2.45) is 0 Å². The smallest absolute Gasteiger partial charge is 0.187 e. The maximum atomic E-state index is 9.50. The zero-order chi connectivity index (χ0) is 15.2. The predicted molar refractivity (Wildman–Crippen MR) is 85.4 cm³/mol. The molecule has 0 bridgehead atoms. The van der Waals surface area contributed by atoms with Crippen molar-refractivity contribution in [3.05, 3.63) is 17.0 Å². The fourth-order valence-corrected chi connectivity index (χ4v) is 3.00. The van der Waals surface area contributed by atoms with E-state index in [1.54, 1.807) is 11.8 Å². The molecule has 114 valence electrons. The number of nitrogens with one attached hydrogen (secondary N) is 1. The summed E-state index contributed by atoms with van der Waals surface area (Å²) in [5.41, 5.74) is 3.16. The Morgan fingerprint density at radius 2 is 1.80 bits per heavy atom. The van der Waals surface area contributed by atoms with Crippen molar-refractivity contribution in [1.82, 2.24) is 15.3 Å². The van der Waals surface area contributed by atoms with Crippen molar-refractivity contribution in [2.45, 2.75) is 57.7 Å². The monoisotopic (exact) mass is 297 g/mol. The maximum absolute atomic E-state index is 9.50. The first-order valence-corrected chi connectivity index (χ1v) is 8.21. The Labute approximate surface area is 126 Å². The Morgan fingerprint density at radius 3 is 2.25 bits per heavy atom.